The number of rotatable bonds is 2. The number of aromatic nitrogens is 2. The van der Waals surface area contributed by atoms with Gasteiger partial charge in [-0.3, -0.25) is 0 Å². The molecule has 0 radical (unpaired) electrons. The predicted octanol–water partition coefficient (Wildman–Crippen LogP) is 0.564. The summed E-state index contributed by atoms with van der Waals surface area (Å²) in [5.74, 6) is 2.53. The highest BCUT2D eigenvalue weighted by Crippen LogP contribution is 2.15. The summed E-state index contributed by atoms with van der Waals surface area (Å²) in [6.45, 7) is 6.41. The Morgan fingerprint density at radius 1 is 1.50 bits per heavy atom. The van der Waals surface area contributed by atoms with E-state index in [1.807, 2.05) is 13.1 Å². The molecule has 0 aromatic carbocycles. The van der Waals surface area contributed by atoms with Crippen LogP contribution in [0.2, 0.25) is 0 Å². The van der Waals surface area contributed by atoms with Gasteiger partial charge >= 0.3 is 0 Å². The molecule has 1 saturated heterocycles. The van der Waals surface area contributed by atoms with Gasteiger partial charge in [-0.1, -0.05) is 6.92 Å². The third-order valence-electron chi connectivity index (χ3n) is 2.82. The van der Waals surface area contributed by atoms with Crippen molar-refractivity contribution in [1.29, 1.82) is 0 Å². The van der Waals surface area contributed by atoms with Crippen LogP contribution in [-0.4, -0.2) is 43.2 Å². The van der Waals surface area contributed by atoms with Crippen molar-refractivity contribution in [1.82, 2.24) is 15.3 Å². The second-order valence-corrected chi connectivity index (χ2v) is 4.27. The predicted molar refractivity (Wildman–Crippen MR) is 65.8 cm³/mol. The van der Waals surface area contributed by atoms with Gasteiger partial charge in [-0.15, -0.1) is 0 Å². The molecule has 2 N–H and O–H groups in total. The zero-order valence-electron chi connectivity index (χ0n) is 9.90. The summed E-state index contributed by atoms with van der Waals surface area (Å²) in [6, 6.07) is 2.00. The van der Waals surface area contributed by atoms with Crippen LogP contribution >= 0.6 is 0 Å². The first kappa shape index (κ1) is 11.1. The summed E-state index contributed by atoms with van der Waals surface area (Å²) in [4.78, 5) is 10.8. The molecule has 5 nitrogen and oxygen atoms in total. The third kappa shape index (κ3) is 2.61. The summed E-state index contributed by atoms with van der Waals surface area (Å²) >= 11 is 0. The van der Waals surface area contributed by atoms with E-state index in [0.717, 1.165) is 37.8 Å². The number of hydrogen-bond acceptors (Lipinski definition) is 5. The number of hydrogen-bond donors (Lipinski definition) is 2. The van der Waals surface area contributed by atoms with E-state index in [-0.39, 0.29) is 0 Å². The molecule has 1 aromatic rings. The van der Waals surface area contributed by atoms with Gasteiger partial charge in [0.15, 0.2) is 0 Å². The van der Waals surface area contributed by atoms with Gasteiger partial charge in [0.05, 0.1) is 0 Å². The fourth-order valence-corrected chi connectivity index (χ4v) is 1.96. The van der Waals surface area contributed by atoms with Crippen molar-refractivity contribution in [2.45, 2.75) is 6.92 Å². The molecule has 1 atom stereocenters. The van der Waals surface area contributed by atoms with E-state index in [1.165, 1.54) is 0 Å². The molecule has 1 unspecified atom stereocenters. The molecule has 1 aliphatic rings. The Morgan fingerprint density at radius 3 is 3.19 bits per heavy atom. The molecule has 0 spiro atoms. The first-order chi connectivity index (χ1) is 7.79. The van der Waals surface area contributed by atoms with E-state index in [1.54, 1.807) is 6.33 Å². The van der Waals surface area contributed by atoms with E-state index in [2.05, 4.69) is 32.4 Å². The Kier molecular flexibility index (Phi) is 3.56. The fourth-order valence-electron chi connectivity index (χ4n) is 1.96. The van der Waals surface area contributed by atoms with E-state index in [4.69, 9.17) is 0 Å². The SMILES string of the molecule is CNc1cc(N2CCNCC(C)C2)ncn1. The Hall–Kier alpha value is -1.36. The second-order valence-electron chi connectivity index (χ2n) is 4.27. The van der Waals surface area contributed by atoms with Crippen LogP contribution in [0.15, 0.2) is 12.4 Å². The molecule has 0 aliphatic carbocycles. The molecular weight excluding hydrogens is 202 g/mol. The highest BCUT2D eigenvalue weighted by atomic mass is 15.2. The molecule has 1 fully saturated rings. The second kappa shape index (κ2) is 5.12. The molecule has 0 amide bonds. The van der Waals surface area contributed by atoms with Gasteiger partial charge in [0.2, 0.25) is 0 Å². The maximum absolute atomic E-state index is 4.33. The summed E-state index contributed by atoms with van der Waals surface area (Å²) in [5.41, 5.74) is 0. The van der Waals surface area contributed by atoms with E-state index in [0.29, 0.717) is 5.92 Å². The topological polar surface area (TPSA) is 53.1 Å². The van der Waals surface area contributed by atoms with Crippen molar-refractivity contribution in [2.75, 3.05) is 43.4 Å². The summed E-state index contributed by atoms with van der Waals surface area (Å²) in [7, 11) is 1.87. The molecular formula is C11H19N5. The lowest BCUT2D eigenvalue weighted by molar-refractivity contribution is 0.563. The quantitative estimate of drug-likeness (QED) is 0.764. The van der Waals surface area contributed by atoms with Gasteiger partial charge in [-0.2, -0.15) is 0 Å². The molecule has 2 heterocycles. The molecule has 5 heteroatoms. The molecule has 2 rings (SSSR count). The molecule has 16 heavy (non-hydrogen) atoms. The highest BCUT2D eigenvalue weighted by Gasteiger charge is 2.15. The van der Waals surface area contributed by atoms with Crippen LogP contribution in [0.5, 0.6) is 0 Å². The van der Waals surface area contributed by atoms with Gasteiger partial charge in [-0.05, 0) is 12.5 Å². The molecule has 0 bridgehead atoms. The highest BCUT2D eigenvalue weighted by molar-refractivity contribution is 5.48. The fraction of sp³-hybridized carbons (Fsp3) is 0.636. The first-order valence-electron chi connectivity index (χ1n) is 5.75. The Bertz CT molecular complexity index is 341. The number of anilines is 2. The van der Waals surface area contributed by atoms with E-state index in [9.17, 15) is 0 Å². The third-order valence-corrected chi connectivity index (χ3v) is 2.82. The van der Waals surface area contributed by atoms with Crippen LogP contribution in [0.3, 0.4) is 0 Å². The van der Waals surface area contributed by atoms with Gasteiger partial charge in [0.1, 0.15) is 18.0 Å². The van der Waals surface area contributed by atoms with Crippen molar-refractivity contribution in [2.24, 2.45) is 5.92 Å². The monoisotopic (exact) mass is 221 g/mol. The Labute approximate surface area is 96.3 Å². The average Bonchev–Trinajstić information content (AvgIpc) is 2.54. The van der Waals surface area contributed by atoms with Gasteiger partial charge < -0.3 is 15.5 Å². The lowest BCUT2D eigenvalue weighted by Crippen LogP contribution is -2.30. The van der Waals surface area contributed by atoms with E-state index < -0.39 is 0 Å². The summed E-state index contributed by atoms with van der Waals surface area (Å²) in [6.07, 6.45) is 1.62. The van der Waals surface area contributed by atoms with Crippen LogP contribution in [0.1, 0.15) is 6.92 Å². The van der Waals surface area contributed by atoms with Gasteiger partial charge in [0.25, 0.3) is 0 Å². The summed E-state index contributed by atoms with van der Waals surface area (Å²) in [5, 5.41) is 6.46. The smallest absolute Gasteiger partial charge is 0.134 e. The maximum atomic E-state index is 4.33. The molecule has 1 aliphatic heterocycles. The van der Waals surface area contributed by atoms with Crippen molar-refractivity contribution in [3.63, 3.8) is 0 Å². The molecule has 0 saturated carbocycles. The van der Waals surface area contributed by atoms with Crippen molar-refractivity contribution in [3.8, 4) is 0 Å². The average molecular weight is 221 g/mol. The Morgan fingerprint density at radius 2 is 2.38 bits per heavy atom. The molecule has 88 valence electrons. The van der Waals surface area contributed by atoms with Crippen molar-refractivity contribution < 1.29 is 0 Å². The van der Waals surface area contributed by atoms with Crippen LogP contribution in [0.25, 0.3) is 0 Å². The van der Waals surface area contributed by atoms with E-state index >= 15 is 0 Å². The molecule has 1 aromatic heterocycles. The van der Waals surface area contributed by atoms with Crippen molar-refractivity contribution in [3.05, 3.63) is 12.4 Å². The largest absolute Gasteiger partial charge is 0.373 e. The van der Waals surface area contributed by atoms with Crippen molar-refractivity contribution >= 4 is 11.6 Å². The van der Waals surface area contributed by atoms with Gasteiger partial charge in [-0.25, -0.2) is 9.97 Å². The van der Waals surface area contributed by atoms with Gasteiger partial charge in [0, 0.05) is 32.7 Å². The van der Waals surface area contributed by atoms with Crippen LogP contribution < -0.4 is 15.5 Å². The first-order valence-corrected chi connectivity index (χ1v) is 5.75. The minimum Gasteiger partial charge on any atom is -0.373 e. The summed E-state index contributed by atoms with van der Waals surface area (Å²) < 4.78 is 0. The lowest BCUT2D eigenvalue weighted by atomic mass is 10.2. The zero-order valence-corrected chi connectivity index (χ0v) is 9.90. The zero-order chi connectivity index (χ0) is 11.4. The van der Waals surface area contributed by atoms with Crippen LogP contribution in [0.4, 0.5) is 11.6 Å². The number of nitrogens with one attached hydrogen (secondary N) is 2. The van der Waals surface area contributed by atoms with Crippen LogP contribution in [0, 0.1) is 5.92 Å². The minimum absolute atomic E-state index is 0.649. The normalized spacial score (nSPS) is 21.6. The standard InChI is InChI=1S/C11H19N5/c1-9-6-13-3-4-16(7-9)11-5-10(12-2)14-8-15-11/h5,8-9,13H,3-4,6-7H2,1-2H3,(H,12,14,15). The maximum Gasteiger partial charge on any atom is 0.134 e. The lowest BCUT2D eigenvalue weighted by Gasteiger charge is -2.23. The van der Waals surface area contributed by atoms with Crippen LogP contribution in [-0.2, 0) is 0 Å². The number of nitrogens with zero attached hydrogens (tertiary/aromatic N) is 3. The minimum atomic E-state index is 0.649. The Balaban J connectivity index is 2.14.